The Bertz CT molecular complexity index is 859. The number of allylic oxidation sites excluding steroid dienone is 1. The molecule has 25 heavy (non-hydrogen) atoms. The van der Waals surface area contributed by atoms with E-state index in [4.69, 9.17) is 10.1 Å². The van der Waals surface area contributed by atoms with Crippen LogP contribution in [-0.2, 0) is 9.53 Å². The zero-order chi connectivity index (χ0) is 18.0. The van der Waals surface area contributed by atoms with Crippen LogP contribution in [0.3, 0.4) is 0 Å². The van der Waals surface area contributed by atoms with Crippen molar-refractivity contribution in [2.45, 2.75) is 25.8 Å². The van der Waals surface area contributed by atoms with Gasteiger partial charge in [-0.05, 0) is 38.0 Å². The van der Waals surface area contributed by atoms with E-state index in [0.717, 1.165) is 28.3 Å². The van der Waals surface area contributed by atoms with Crippen molar-refractivity contribution in [1.82, 2.24) is 15.3 Å². The molecule has 3 rings (SSSR count). The molecule has 2 aromatic rings. The summed E-state index contributed by atoms with van der Waals surface area (Å²) in [4.78, 5) is 20.5. The van der Waals surface area contributed by atoms with Crippen LogP contribution in [-0.4, -0.2) is 34.8 Å². The van der Waals surface area contributed by atoms with Gasteiger partial charge in [0, 0.05) is 28.0 Å². The number of halogens is 1. The molecule has 0 unspecified atom stereocenters. The fourth-order valence-electron chi connectivity index (χ4n) is 2.80. The average molecular weight is 403 g/mol. The number of nitrogens with zero attached hydrogens (tertiary/aromatic N) is 2. The molecule has 0 amide bonds. The van der Waals surface area contributed by atoms with Crippen molar-refractivity contribution in [3.8, 4) is 0 Å². The second-order valence-electron chi connectivity index (χ2n) is 6.13. The van der Waals surface area contributed by atoms with Gasteiger partial charge in [-0.1, -0.05) is 15.9 Å². The molecule has 1 aliphatic rings. The lowest BCUT2D eigenvalue weighted by atomic mass is 9.80. The SMILES string of the molecule is COC(=O)C1CC(N/C=C(\C(C)=N)c2cnc3ccc(Br)cc3n2)C1. The Kier molecular flexibility index (Phi) is 5.13. The Morgan fingerprint density at radius 3 is 2.84 bits per heavy atom. The number of carbonyl (C=O) groups excluding carboxylic acids is 1. The Hall–Kier alpha value is -2.28. The van der Waals surface area contributed by atoms with Gasteiger partial charge in [0.25, 0.3) is 0 Å². The summed E-state index contributed by atoms with van der Waals surface area (Å²) in [5.74, 6) is -0.185. The highest BCUT2D eigenvalue weighted by molar-refractivity contribution is 9.10. The van der Waals surface area contributed by atoms with E-state index in [-0.39, 0.29) is 17.9 Å². The van der Waals surface area contributed by atoms with Gasteiger partial charge in [0.05, 0.1) is 36.0 Å². The molecule has 0 aliphatic heterocycles. The third kappa shape index (κ3) is 3.87. The summed E-state index contributed by atoms with van der Waals surface area (Å²) < 4.78 is 5.68. The lowest BCUT2D eigenvalue weighted by molar-refractivity contribution is -0.149. The van der Waals surface area contributed by atoms with Gasteiger partial charge in [0.1, 0.15) is 0 Å². The molecule has 1 aliphatic carbocycles. The van der Waals surface area contributed by atoms with Gasteiger partial charge in [0.2, 0.25) is 0 Å². The smallest absolute Gasteiger partial charge is 0.308 e. The number of fused-ring (bicyclic) bond motifs is 1. The van der Waals surface area contributed by atoms with E-state index >= 15 is 0 Å². The number of benzene rings is 1. The van der Waals surface area contributed by atoms with Gasteiger partial charge in [-0.25, -0.2) is 4.98 Å². The first kappa shape index (κ1) is 17.5. The zero-order valence-electron chi connectivity index (χ0n) is 14.0. The molecule has 7 heteroatoms. The minimum absolute atomic E-state index is 0.0294. The van der Waals surface area contributed by atoms with Crippen molar-refractivity contribution < 1.29 is 9.53 Å². The molecular formula is C18H19BrN4O2. The maximum Gasteiger partial charge on any atom is 0.308 e. The third-order valence-electron chi connectivity index (χ3n) is 4.32. The number of carbonyl (C=O) groups is 1. The second kappa shape index (κ2) is 7.31. The molecular weight excluding hydrogens is 384 g/mol. The molecule has 6 nitrogen and oxygen atoms in total. The summed E-state index contributed by atoms with van der Waals surface area (Å²) in [6.07, 6.45) is 4.96. The van der Waals surface area contributed by atoms with Gasteiger partial charge in [-0.3, -0.25) is 9.78 Å². The average Bonchev–Trinajstić information content (AvgIpc) is 2.55. The molecule has 1 heterocycles. The molecule has 0 radical (unpaired) electrons. The molecule has 1 fully saturated rings. The first-order valence-electron chi connectivity index (χ1n) is 8.00. The predicted molar refractivity (Wildman–Crippen MR) is 100 cm³/mol. The van der Waals surface area contributed by atoms with E-state index in [0.29, 0.717) is 17.0 Å². The van der Waals surface area contributed by atoms with Gasteiger partial charge in [-0.15, -0.1) is 0 Å². The second-order valence-corrected chi connectivity index (χ2v) is 7.04. The molecule has 2 N–H and O–H groups in total. The normalized spacial score (nSPS) is 20.0. The molecule has 1 saturated carbocycles. The van der Waals surface area contributed by atoms with Crippen LogP contribution in [0.15, 0.2) is 35.1 Å². The quantitative estimate of drug-likeness (QED) is 0.591. The van der Waals surface area contributed by atoms with Gasteiger partial charge in [-0.2, -0.15) is 0 Å². The lowest BCUT2D eigenvalue weighted by Gasteiger charge is -2.33. The maximum absolute atomic E-state index is 11.4. The maximum atomic E-state index is 11.4. The van der Waals surface area contributed by atoms with E-state index in [9.17, 15) is 4.79 Å². The van der Waals surface area contributed by atoms with Crippen molar-refractivity contribution in [3.63, 3.8) is 0 Å². The monoisotopic (exact) mass is 402 g/mol. The van der Waals surface area contributed by atoms with Crippen LogP contribution in [0.2, 0.25) is 0 Å². The summed E-state index contributed by atoms with van der Waals surface area (Å²) in [5.41, 5.74) is 3.32. The number of hydrogen-bond acceptors (Lipinski definition) is 6. The van der Waals surface area contributed by atoms with Gasteiger partial charge < -0.3 is 15.5 Å². The van der Waals surface area contributed by atoms with Crippen LogP contribution in [0.1, 0.15) is 25.5 Å². The Morgan fingerprint density at radius 2 is 2.16 bits per heavy atom. The molecule has 130 valence electrons. The number of esters is 1. The Labute approximate surface area is 154 Å². The number of methoxy groups -OCH3 is 1. The van der Waals surface area contributed by atoms with Crippen molar-refractivity contribution in [1.29, 1.82) is 5.41 Å². The summed E-state index contributed by atoms with van der Waals surface area (Å²) in [6.45, 7) is 1.72. The van der Waals surface area contributed by atoms with Crippen LogP contribution in [0.25, 0.3) is 16.6 Å². The molecule has 0 bridgehead atoms. The number of nitrogens with one attached hydrogen (secondary N) is 2. The minimum Gasteiger partial charge on any atom is -0.469 e. The predicted octanol–water partition coefficient (Wildman–Crippen LogP) is 3.31. The van der Waals surface area contributed by atoms with Crippen LogP contribution in [0, 0.1) is 11.3 Å². The molecule has 0 atom stereocenters. The highest BCUT2D eigenvalue weighted by Crippen LogP contribution is 2.29. The number of ether oxygens (including phenoxy) is 1. The topological polar surface area (TPSA) is 88.0 Å². The fourth-order valence-corrected chi connectivity index (χ4v) is 3.15. The Morgan fingerprint density at radius 1 is 1.40 bits per heavy atom. The van der Waals surface area contributed by atoms with E-state index in [1.165, 1.54) is 7.11 Å². The molecule has 0 saturated heterocycles. The highest BCUT2D eigenvalue weighted by Gasteiger charge is 2.34. The summed E-state index contributed by atoms with van der Waals surface area (Å²) in [5, 5.41) is 11.3. The zero-order valence-corrected chi connectivity index (χ0v) is 15.6. The summed E-state index contributed by atoms with van der Waals surface area (Å²) >= 11 is 3.44. The van der Waals surface area contributed by atoms with Crippen LogP contribution < -0.4 is 5.32 Å². The highest BCUT2D eigenvalue weighted by atomic mass is 79.9. The minimum atomic E-state index is -0.156. The van der Waals surface area contributed by atoms with Crippen molar-refractivity contribution in [2.24, 2.45) is 5.92 Å². The molecule has 1 aromatic carbocycles. The Balaban J connectivity index is 1.77. The van der Waals surface area contributed by atoms with Gasteiger partial charge in [0.15, 0.2) is 0 Å². The van der Waals surface area contributed by atoms with Crippen LogP contribution in [0.4, 0.5) is 0 Å². The molecule has 0 spiro atoms. The summed E-state index contributed by atoms with van der Waals surface area (Å²) in [6, 6.07) is 5.94. The first-order valence-corrected chi connectivity index (χ1v) is 8.79. The van der Waals surface area contributed by atoms with E-state index in [2.05, 4.69) is 31.2 Å². The standard InChI is InChI=1S/C18H19BrN4O2/c1-10(20)14(8-21-13-5-11(6-13)18(24)25-2)17-9-22-15-4-3-12(19)7-16(15)23-17/h3-4,7-9,11,13,20-21H,5-6H2,1-2H3/b14-8+,20-10?. The largest absolute Gasteiger partial charge is 0.469 e. The number of aromatic nitrogens is 2. The molecule has 1 aromatic heterocycles. The lowest BCUT2D eigenvalue weighted by Crippen LogP contribution is -2.42. The summed E-state index contributed by atoms with van der Waals surface area (Å²) in [7, 11) is 1.41. The van der Waals surface area contributed by atoms with Gasteiger partial charge >= 0.3 is 5.97 Å². The van der Waals surface area contributed by atoms with Crippen molar-refractivity contribution in [3.05, 3.63) is 40.8 Å². The van der Waals surface area contributed by atoms with Crippen LogP contribution >= 0.6 is 15.9 Å². The van der Waals surface area contributed by atoms with Crippen molar-refractivity contribution in [2.75, 3.05) is 7.11 Å². The third-order valence-corrected chi connectivity index (χ3v) is 4.81. The fraction of sp³-hybridized carbons (Fsp3) is 0.333. The van der Waals surface area contributed by atoms with E-state index < -0.39 is 0 Å². The van der Waals surface area contributed by atoms with Crippen LogP contribution in [0.5, 0.6) is 0 Å². The van der Waals surface area contributed by atoms with E-state index in [1.807, 2.05) is 18.2 Å². The van der Waals surface area contributed by atoms with E-state index in [1.54, 1.807) is 19.3 Å². The first-order chi connectivity index (χ1) is 12.0. The van der Waals surface area contributed by atoms with Crippen molar-refractivity contribution >= 4 is 44.2 Å². The number of hydrogen-bond donors (Lipinski definition) is 2. The number of rotatable bonds is 5.